The van der Waals surface area contributed by atoms with Gasteiger partial charge in [0.1, 0.15) is 12.0 Å². The predicted octanol–water partition coefficient (Wildman–Crippen LogP) is 1.65. The third-order valence-electron chi connectivity index (χ3n) is 2.75. The largest absolute Gasteiger partial charge is 0.354 e. The summed E-state index contributed by atoms with van der Waals surface area (Å²) in [6.07, 6.45) is 1.67. The number of hydrogen-bond donors (Lipinski definition) is 1. The second-order valence-corrected chi connectivity index (χ2v) is 4.07. The Bertz CT molecular complexity index is 323. The summed E-state index contributed by atoms with van der Waals surface area (Å²) in [6.45, 7) is 3.14. The van der Waals surface area contributed by atoms with Crippen molar-refractivity contribution >= 4 is 5.82 Å². The predicted molar refractivity (Wildman–Crippen MR) is 58.6 cm³/mol. The minimum Gasteiger partial charge on any atom is -0.354 e. The number of alkyl halides is 1. The molecule has 1 aromatic rings. The molecule has 1 saturated heterocycles. The smallest absolute Gasteiger partial charge is 0.128 e. The Balaban J connectivity index is 2.10. The van der Waals surface area contributed by atoms with E-state index >= 15 is 0 Å². The molecule has 2 atom stereocenters. The van der Waals surface area contributed by atoms with Gasteiger partial charge in [-0.2, -0.15) is 0 Å². The molecule has 2 N–H and O–H groups in total. The molecule has 1 unspecified atom stereocenters. The first-order valence-corrected chi connectivity index (χ1v) is 5.27. The summed E-state index contributed by atoms with van der Waals surface area (Å²) in [5, 5.41) is 0. The summed E-state index contributed by atoms with van der Waals surface area (Å²) < 4.78 is 13.0. The molecule has 0 amide bonds. The number of halogens is 1. The summed E-state index contributed by atoms with van der Waals surface area (Å²) in [7, 11) is 0. The second kappa shape index (κ2) is 4.14. The molecule has 0 aromatic carbocycles. The molecule has 0 spiro atoms. The number of aromatic nitrogens is 1. The summed E-state index contributed by atoms with van der Waals surface area (Å²) in [4.78, 5) is 6.26. The molecule has 0 saturated carbocycles. The number of rotatable bonds is 2. The highest BCUT2D eigenvalue weighted by Crippen LogP contribution is 2.20. The lowest BCUT2D eigenvalue weighted by molar-refractivity contribution is 0.364. The molecular formula is C11H16FN3. The van der Waals surface area contributed by atoms with E-state index in [0.29, 0.717) is 13.0 Å². The van der Waals surface area contributed by atoms with E-state index in [1.807, 2.05) is 24.0 Å². The first-order valence-electron chi connectivity index (χ1n) is 5.27. The van der Waals surface area contributed by atoms with E-state index < -0.39 is 6.17 Å². The summed E-state index contributed by atoms with van der Waals surface area (Å²) in [5.41, 5.74) is 6.73. The molecule has 1 fully saturated rings. The minimum atomic E-state index is -0.708. The van der Waals surface area contributed by atoms with Gasteiger partial charge in [-0.15, -0.1) is 0 Å². The Morgan fingerprint density at radius 2 is 2.40 bits per heavy atom. The standard InChI is InChI=1S/C11H16FN3/c1-8(13)9-2-3-11(14-6-9)15-5-4-10(12)7-15/h2-3,6,8,10H,4-5,7,13H2,1H3/t8-,10?/m0/s1. The maximum Gasteiger partial charge on any atom is 0.128 e. The Hall–Kier alpha value is -1.16. The highest BCUT2D eigenvalue weighted by molar-refractivity contribution is 5.41. The maximum atomic E-state index is 13.0. The van der Waals surface area contributed by atoms with E-state index in [4.69, 9.17) is 5.73 Å². The van der Waals surface area contributed by atoms with Gasteiger partial charge in [0.2, 0.25) is 0 Å². The van der Waals surface area contributed by atoms with E-state index in [1.165, 1.54) is 0 Å². The van der Waals surface area contributed by atoms with E-state index in [-0.39, 0.29) is 6.04 Å². The average Bonchev–Trinajstić information content (AvgIpc) is 2.65. The zero-order valence-corrected chi connectivity index (χ0v) is 8.86. The van der Waals surface area contributed by atoms with Crippen LogP contribution in [0.2, 0.25) is 0 Å². The van der Waals surface area contributed by atoms with Crippen molar-refractivity contribution in [3.63, 3.8) is 0 Å². The molecule has 0 radical (unpaired) electrons. The Labute approximate surface area is 89.1 Å². The van der Waals surface area contributed by atoms with Gasteiger partial charge in [-0.1, -0.05) is 6.07 Å². The topological polar surface area (TPSA) is 42.1 Å². The van der Waals surface area contributed by atoms with Crippen molar-refractivity contribution in [2.45, 2.75) is 25.6 Å². The number of pyridine rings is 1. The Morgan fingerprint density at radius 3 is 2.87 bits per heavy atom. The van der Waals surface area contributed by atoms with Gasteiger partial charge in [-0.25, -0.2) is 9.37 Å². The quantitative estimate of drug-likeness (QED) is 0.805. The lowest BCUT2D eigenvalue weighted by Crippen LogP contribution is -2.21. The van der Waals surface area contributed by atoms with Crippen LogP contribution >= 0.6 is 0 Å². The zero-order chi connectivity index (χ0) is 10.8. The zero-order valence-electron chi connectivity index (χ0n) is 8.86. The van der Waals surface area contributed by atoms with Crippen molar-refractivity contribution in [3.05, 3.63) is 23.9 Å². The van der Waals surface area contributed by atoms with E-state index in [2.05, 4.69) is 4.98 Å². The average molecular weight is 209 g/mol. The van der Waals surface area contributed by atoms with Crippen molar-refractivity contribution in [2.24, 2.45) is 5.73 Å². The summed E-state index contributed by atoms with van der Waals surface area (Å²) in [6, 6.07) is 3.87. The number of hydrogen-bond acceptors (Lipinski definition) is 3. The van der Waals surface area contributed by atoms with E-state index in [1.54, 1.807) is 6.20 Å². The third kappa shape index (κ3) is 2.26. The fraction of sp³-hybridized carbons (Fsp3) is 0.545. The highest BCUT2D eigenvalue weighted by atomic mass is 19.1. The second-order valence-electron chi connectivity index (χ2n) is 4.07. The van der Waals surface area contributed by atoms with Crippen molar-refractivity contribution in [2.75, 3.05) is 18.0 Å². The maximum absolute atomic E-state index is 13.0. The van der Waals surface area contributed by atoms with Gasteiger partial charge in [-0.3, -0.25) is 0 Å². The minimum absolute atomic E-state index is 0.000878. The fourth-order valence-corrected chi connectivity index (χ4v) is 1.78. The first kappa shape index (κ1) is 10.4. The molecule has 1 aliphatic rings. The van der Waals surface area contributed by atoms with Crippen molar-refractivity contribution in [3.8, 4) is 0 Å². The van der Waals surface area contributed by atoms with Crippen LogP contribution in [0.25, 0.3) is 0 Å². The highest BCUT2D eigenvalue weighted by Gasteiger charge is 2.22. The van der Waals surface area contributed by atoms with Crippen LogP contribution in [0.15, 0.2) is 18.3 Å². The van der Waals surface area contributed by atoms with Gasteiger partial charge < -0.3 is 10.6 Å². The van der Waals surface area contributed by atoms with Crippen molar-refractivity contribution in [1.82, 2.24) is 4.98 Å². The number of nitrogens with zero attached hydrogens (tertiary/aromatic N) is 2. The van der Waals surface area contributed by atoms with E-state index in [9.17, 15) is 4.39 Å². The van der Waals surface area contributed by atoms with Crippen LogP contribution in [0.4, 0.5) is 10.2 Å². The molecule has 1 aliphatic heterocycles. The molecule has 1 aromatic heterocycles. The van der Waals surface area contributed by atoms with Gasteiger partial charge in [0, 0.05) is 18.8 Å². The molecule has 0 aliphatic carbocycles. The van der Waals surface area contributed by atoms with Crippen LogP contribution in [0.5, 0.6) is 0 Å². The molecule has 15 heavy (non-hydrogen) atoms. The van der Waals surface area contributed by atoms with Crippen LogP contribution < -0.4 is 10.6 Å². The monoisotopic (exact) mass is 209 g/mol. The Kier molecular flexibility index (Phi) is 2.86. The lowest BCUT2D eigenvalue weighted by atomic mass is 10.1. The fourth-order valence-electron chi connectivity index (χ4n) is 1.78. The Morgan fingerprint density at radius 1 is 1.60 bits per heavy atom. The first-order chi connectivity index (χ1) is 7.16. The molecule has 3 nitrogen and oxygen atoms in total. The summed E-state index contributed by atoms with van der Waals surface area (Å²) in [5.74, 6) is 0.847. The van der Waals surface area contributed by atoms with Crippen LogP contribution in [-0.2, 0) is 0 Å². The molecule has 0 bridgehead atoms. The summed E-state index contributed by atoms with van der Waals surface area (Å²) >= 11 is 0. The van der Waals surface area contributed by atoms with Crippen molar-refractivity contribution < 1.29 is 4.39 Å². The normalized spacial score (nSPS) is 23.1. The molecular weight excluding hydrogens is 193 g/mol. The van der Waals surface area contributed by atoms with Gasteiger partial charge in [0.25, 0.3) is 0 Å². The van der Waals surface area contributed by atoms with Crippen LogP contribution in [0, 0.1) is 0 Å². The number of nitrogens with two attached hydrogens (primary N) is 1. The SMILES string of the molecule is C[C@H](N)c1ccc(N2CCC(F)C2)nc1. The van der Waals surface area contributed by atoms with Crippen LogP contribution in [-0.4, -0.2) is 24.2 Å². The molecule has 82 valence electrons. The van der Waals surface area contributed by atoms with Crippen LogP contribution in [0.1, 0.15) is 24.9 Å². The van der Waals surface area contributed by atoms with Gasteiger partial charge in [0.15, 0.2) is 0 Å². The van der Waals surface area contributed by atoms with Gasteiger partial charge >= 0.3 is 0 Å². The third-order valence-corrected chi connectivity index (χ3v) is 2.75. The van der Waals surface area contributed by atoms with E-state index in [0.717, 1.165) is 17.9 Å². The molecule has 2 rings (SSSR count). The van der Waals surface area contributed by atoms with Crippen LogP contribution in [0.3, 0.4) is 0 Å². The van der Waals surface area contributed by atoms with Gasteiger partial charge in [0.05, 0.1) is 6.54 Å². The van der Waals surface area contributed by atoms with Gasteiger partial charge in [-0.05, 0) is 25.0 Å². The van der Waals surface area contributed by atoms with Crippen molar-refractivity contribution in [1.29, 1.82) is 0 Å². The number of anilines is 1. The molecule has 2 heterocycles. The molecule has 4 heteroatoms. The lowest BCUT2D eigenvalue weighted by Gasteiger charge is -2.16.